The molecule has 0 amide bonds. The Labute approximate surface area is 124 Å². The van der Waals surface area contributed by atoms with Crippen molar-refractivity contribution in [3.8, 4) is 0 Å². The maximum atomic E-state index is 3.85. The number of hydrogen-bond donors (Lipinski definition) is 1. The van der Waals surface area contributed by atoms with Gasteiger partial charge >= 0.3 is 0 Å². The highest BCUT2D eigenvalue weighted by Gasteiger charge is 2.24. The molecule has 0 aliphatic carbocycles. The second-order valence-corrected chi connectivity index (χ2v) is 6.45. The second-order valence-electron chi connectivity index (χ2n) is 6.45. The van der Waals surface area contributed by atoms with Gasteiger partial charge in [-0.15, -0.1) is 0 Å². The van der Waals surface area contributed by atoms with Gasteiger partial charge in [-0.1, -0.05) is 51.1 Å². The zero-order valence-corrected chi connectivity index (χ0v) is 13.3. The number of nitrogens with one attached hydrogen (secondary N) is 1. The second kappa shape index (κ2) is 7.80. The predicted molar refractivity (Wildman–Crippen MR) is 87.0 cm³/mol. The normalized spacial score (nSPS) is 21.5. The Morgan fingerprint density at radius 3 is 2.65 bits per heavy atom. The number of hydrogen-bond acceptors (Lipinski definition) is 2. The molecule has 0 saturated carbocycles. The minimum Gasteiger partial charge on any atom is -0.310 e. The minimum absolute atomic E-state index is 0.675. The maximum absolute atomic E-state index is 3.85. The number of rotatable bonds is 7. The summed E-state index contributed by atoms with van der Waals surface area (Å²) >= 11 is 0. The van der Waals surface area contributed by atoms with E-state index in [-0.39, 0.29) is 0 Å². The van der Waals surface area contributed by atoms with Crippen LogP contribution in [0, 0.1) is 5.92 Å². The molecule has 2 rings (SSSR count). The first-order valence-electron chi connectivity index (χ1n) is 8.21. The zero-order chi connectivity index (χ0) is 14.4. The standard InChI is InChI=1S/C18H30N2/c1-4-18(15(2)3)19-17-11-13-20(14-17)12-10-16-8-6-5-7-9-16/h5-9,15,17-19H,4,10-14H2,1-3H3. The number of benzene rings is 1. The lowest BCUT2D eigenvalue weighted by molar-refractivity contribution is 0.307. The van der Waals surface area contributed by atoms with Crippen LogP contribution in [0.25, 0.3) is 0 Å². The van der Waals surface area contributed by atoms with Crippen molar-refractivity contribution in [3.63, 3.8) is 0 Å². The van der Waals surface area contributed by atoms with Crippen LogP contribution in [0.3, 0.4) is 0 Å². The van der Waals surface area contributed by atoms with Crippen molar-refractivity contribution >= 4 is 0 Å². The summed E-state index contributed by atoms with van der Waals surface area (Å²) in [5.74, 6) is 0.735. The number of nitrogens with zero attached hydrogens (tertiary/aromatic N) is 1. The first-order chi connectivity index (χ1) is 9.69. The summed E-state index contributed by atoms with van der Waals surface area (Å²) in [5.41, 5.74) is 1.46. The minimum atomic E-state index is 0.675. The summed E-state index contributed by atoms with van der Waals surface area (Å²) in [6.45, 7) is 10.6. The fourth-order valence-corrected chi connectivity index (χ4v) is 3.19. The molecule has 2 atom stereocenters. The molecule has 1 aliphatic rings. The Bertz CT molecular complexity index is 374. The van der Waals surface area contributed by atoms with Gasteiger partial charge in [0.15, 0.2) is 0 Å². The molecule has 1 heterocycles. The molecule has 1 N–H and O–H groups in total. The fraction of sp³-hybridized carbons (Fsp3) is 0.667. The van der Waals surface area contributed by atoms with Gasteiger partial charge in [0, 0.05) is 25.2 Å². The maximum Gasteiger partial charge on any atom is 0.0209 e. The van der Waals surface area contributed by atoms with E-state index < -0.39 is 0 Å². The molecule has 2 heteroatoms. The molecular weight excluding hydrogens is 244 g/mol. The topological polar surface area (TPSA) is 15.3 Å². The highest BCUT2D eigenvalue weighted by Crippen LogP contribution is 2.14. The average Bonchev–Trinajstić information content (AvgIpc) is 2.91. The fourth-order valence-electron chi connectivity index (χ4n) is 3.19. The predicted octanol–water partition coefficient (Wildman–Crippen LogP) is 3.33. The van der Waals surface area contributed by atoms with Crippen LogP contribution in [-0.4, -0.2) is 36.6 Å². The van der Waals surface area contributed by atoms with Gasteiger partial charge in [-0.25, -0.2) is 0 Å². The van der Waals surface area contributed by atoms with Crippen molar-refractivity contribution in [2.75, 3.05) is 19.6 Å². The molecule has 2 unspecified atom stereocenters. The van der Waals surface area contributed by atoms with Gasteiger partial charge in [0.05, 0.1) is 0 Å². The van der Waals surface area contributed by atoms with Gasteiger partial charge in [0.1, 0.15) is 0 Å². The Kier molecular flexibility index (Phi) is 6.06. The van der Waals surface area contributed by atoms with E-state index in [0.29, 0.717) is 12.1 Å². The van der Waals surface area contributed by atoms with Crippen molar-refractivity contribution in [1.82, 2.24) is 10.2 Å². The quantitative estimate of drug-likeness (QED) is 0.820. The van der Waals surface area contributed by atoms with Crippen molar-refractivity contribution < 1.29 is 0 Å². The smallest absolute Gasteiger partial charge is 0.0209 e. The largest absolute Gasteiger partial charge is 0.310 e. The van der Waals surface area contributed by atoms with Gasteiger partial charge in [-0.05, 0) is 37.3 Å². The van der Waals surface area contributed by atoms with E-state index in [1.807, 2.05) is 0 Å². The van der Waals surface area contributed by atoms with Crippen molar-refractivity contribution in [2.24, 2.45) is 5.92 Å². The molecule has 1 saturated heterocycles. The lowest BCUT2D eigenvalue weighted by Gasteiger charge is -2.25. The molecular formula is C18H30N2. The third-order valence-corrected chi connectivity index (χ3v) is 4.53. The van der Waals surface area contributed by atoms with Crippen LogP contribution >= 0.6 is 0 Å². The first kappa shape index (κ1) is 15.5. The van der Waals surface area contributed by atoms with Crippen molar-refractivity contribution in [2.45, 2.75) is 52.1 Å². The van der Waals surface area contributed by atoms with E-state index in [2.05, 4.69) is 61.3 Å². The molecule has 0 bridgehead atoms. The third-order valence-electron chi connectivity index (χ3n) is 4.53. The van der Waals surface area contributed by atoms with E-state index >= 15 is 0 Å². The van der Waals surface area contributed by atoms with Gasteiger partial charge in [0.25, 0.3) is 0 Å². The van der Waals surface area contributed by atoms with Crippen LogP contribution in [0.4, 0.5) is 0 Å². The molecule has 112 valence electrons. The van der Waals surface area contributed by atoms with Crippen LogP contribution in [0.5, 0.6) is 0 Å². The van der Waals surface area contributed by atoms with Crippen LogP contribution in [-0.2, 0) is 6.42 Å². The van der Waals surface area contributed by atoms with Crippen LogP contribution < -0.4 is 5.32 Å². The summed E-state index contributed by atoms with van der Waals surface area (Å²) in [4.78, 5) is 2.61. The van der Waals surface area contributed by atoms with Crippen molar-refractivity contribution in [3.05, 3.63) is 35.9 Å². The van der Waals surface area contributed by atoms with E-state index in [0.717, 1.165) is 5.92 Å². The Morgan fingerprint density at radius 2 is 2.00 bits per heavy atom. The Morgan fingerprint density at radius 1 is 1.25 bits per heavy atom. The average molecular weight is 274 g/mol. The monoisotopic (exact) mass is 274 g/mol. The lowest BCUT2D eigenvalue weighted by Crippen LogP contribution is -2.42. The van der Waals surface area contributed by atoms with E-state index in [1.165, 1.54) is 44.5 Å². The Hall–Kier alpha value is -0.860. The van der Waals surface area contributed by atoms with E-state index in [4.69, 9.17) is 0 Å². The zero-order valence-electron chi connectivity index (χ0n) is 13.3. The van der Waals surface area contributed by atoms with Crippen molar-refractivity contribution in [1.29, 1.82) is 0 Å². The molecule has 1 aromatic rings. The van der Waals surface area contributed by atoms with Gasteiger partial charge in [0.2, 0.25) is 0 Å². The molecule has 1 fully saturated rings. The van der Waals surface area contributed by atoms with E-state index in [1.54, 1.807) is 0 Å². The van der Waals surface area contributed by atoms with Crippen LogP contribution in [0.15, 0.2) is 30.3 Å². The van der Waals surface area contributed by atoms with Gasteiger partial charge < -0.3 is 10.2 Å². The third kappa shape index (κ3) is 4.60. The summed E-state index contributed by atoms with van der Waals surface area (Å²) < 4.78 is 0. The highest BCUT2D eigenvalue weighted by molar-refractivity contribution is 5.14. The highest BCUT2D eigenvalue weighted by atomic mass is 15.2. The molecule has 1 aliphatic heterocycles. The summed E-state index contributed by atoms with van der Waals surface area (Å²) in [6.07, 6.45) is 3.71. The molecule has 0 aromatic heterocycles. The van der Waals surface area contributed by atoms with Gasteiger partial charge in [-0.3, -0.25) is 0 Å². The Balaban J connectivity index is 1.72. The molecule has 0 radical (unpaired) electrons. The molecule has 1 aromatic carbocycles. The molecule has 0 spiro atoms. The lowest BCUT2D eigenvalue weighted by atomic mass is 10.0. The SMILES string of the molecule is CCC(NC1CCN(CCc2ccccc2)C1)C(C)C. The number of likely N-dealkylation sites (tertiary alicyclic amines) is 1. The molecule has 2 nitrogen and oxygen atoms in total. The first-order valence-corrected chi connectivity index (χ1v) is 8.21. The van der Waals surface area contributed by atoms with Gasteiger partial charge in [-0.2, -0.15) is 0 Å². The van der Waals surface area contributed by atoms with Crippen LogP contribution in [0.2, 0.25) is 0 Å². The summed E-state index contributed by atoms with van der Waals surface area (Å²) in [6, 6.07) is 12.2. The van der Waals surface area contributed by atoms with E-state index in [9.17, 15) is 0 Å². The summed E-state index contributed by atoms with van der Waals surface area (Å²) in [7, 11) is 0. The summed E-state index contributed by atoms with van der Waals surface area (Å²) in [5, 5.41) is 3.85. The van der Waals surface area contributed by atoms with Crippen LogP contribution in [0.1, 0.15) is 39.2 Å². The molecule has 20 heavy (non-hydrogen) atoms.